The van der Waals surface area contributed by atoms with E-state index in [2.05, 4.69) is 24.2 Å². The van der Waals surface area contributed by atoms with Crippen molar-refractivity contribution in [1.82, 2.24) is 15.0 Å². The number of aromatic amines is 1. The molecule has 0 unspecified atom stereocenters. The summed E-state index contributed by atoms with van der Waals surface area (Å²) < 4.78 is 11.2. The molecule has 3 aliphatic rings. The number of nitrogens with one attached hydrogen (secondary N) is 1. The van der Waals surface area contributed by atoms with E-state index in [1.807, 2.05) is 4.90 Å². The van der Waals surface area contributed by atoms with Crippen LogP contribution in [0.2, 0.25) is 0 Å². The van der Waals surface area contributed by atoms with E-state index in [0.29, 0.717) is 17.9 Å². The van der Waals surface area contributed by atoms with Crippen LogP contribution in [0.15, 0.2) is 15.4 Å². The molecule has 0 radical (unpaired) electrons. The Kier molecular flexibility index (Phi) is 4.45. The van der Waals surface area contributed by atoms with Gasteiger partial charge in [-0.1, -0.05) is 0 Å². The Hall–Kier alpha value is -1.60. The number of fused-ring (bicyclic) bond motifs is 1. The number of amides is 1. The fraction of sp³-hybridized carbons (Fsp3) is 0.778. The summed E-state index contributed by atoms with van der Waals surface area (Å²) in [5.74, 6) is 1.63. The van der Waals surface area contributed by atoms with Crippen LogP contribution in [-0.4, -0.2) is 66.8 Å². The van der Waals surface area contributed by atoms with Crippen molar-refractivity contribution in [3.8, 4) is 0 Å². The first kappa shape index (κ1) is 16.8. The Morgan fingerprint density at radius 3 is 2.64 bits per heavy atom. The largest absolute Gasteiger partial charge is 0.376 e. The topological polar surface area (TPSA) is 78.8 Å². The Bertz CT molecular complexity index is 678. The smallest absolute Gasteiger partial charge is 0.292 e. The van der Waals surface area contributed by atoms with E-state index in [-0.39, 0.29) is 23.3 Å². The number of carbonyl (C=O) groups is 1. The van der Waals surface area contributed by atoms with Crippen molar-refractivity contribution >= 4 is 5.91 Å². The number of likely N-dealkylation sites (N-methyl/N-ethyl adjacent to an activating group) is 1. The summed E-state index contributed by atoms with van der Waals surface area (Å²) in [5.41, 5.74) is -0.374. The van der Waals surface area contributed by atoms with Crippen molar-refractivity contribution in [2.24, 2.45) is 17.8 Å². The zero-order valence-electron chi connectivity index (χ0n) is 14.9. The van der Waals surface area contributed by atoms with Crippen molar-refractivity contribution in [2.75, 3.05) is 33.8 Å². The molecule has 25 heavy (non-hydrogen) atoms. The van der Waals surface area contributed by atoms with Crippen molar-refractivity contribution < 1.29 is 14.1 Å². The zero-order chi connectivity index (χ0) is 17.6. The maximum absolute atomic E-state index is 12.6. The van der Waals surface area contributed by atoms with Gasteiger partial charge in [-0.25, -0.2) is 0 Å². The van der Waals surface area contributed by atoms with Gasteiger partial charge in [-0.15, -0.1) is 0 Å². The quantitative estimate of drug-likeness (QED) is 0.863. The maximum atomic E-state index is 12.6. The first-order valence-electron chi connectivity index (χ1n) is 9.27. The molecule has 1 aromatic rings. The van der Waals surface area contributed by atoms with Crippen LogP contribution >= 0.6 is 0 Å². The van der Waals surface area contributed by atoms with Crippen LogP contribution in [0, 0.1) is 17.8 Å². The number of rotatable bonds is 5. The van der Waals surface area contributed by atoms with Gasteiger partial charge >= 0.3 is 0 Å². The fourth-order valence-corrected chi connectivity index (χ4v) is 4.37. The van der Waals surface area contributed by atoms with Gasteiger partial charge in [0.05, 0.1) is 12.2 Å². The SMILES string of the molecule is CN(C)[C@@H]1C[C@@H]2CN(C(=O)c3cc(=O)[nH]o3)C[C@@H]2C[C@H]1OCC1CC1. The monoisotopic (exact) mass is 349 g/mol. The van der Waals surface area contributed by atoms with E-state index >= 15 is 0 Å². The molecule has 2 heterocycles. The lowest BCUT2D eigenvalue weighted by atomic mass is 9.77. The second-order valence-corrected chi connectivity index (χ2v) is 8.12. The van der Waals surface area contributed by atoms with E-state index < -0.39 is 0 Å². The third-order valence-electron chi connectivity index (χ3n) is 6.01. The normalized spacial score (nSPS) is 32.2. The Morgan fingerprint density at radius 1 is 1.32 bits per heavy atom. The summed E-state index contributed by atoms with van der Waals surface area (Å²) in [4.78, 5) is 27.9. The van der Waals surface area contributed by atoms with Gasteiger partial charge in [0, 0.05) is 25.7 Å². The lowest BCUT2D eigenvalue weighted by molar-refractivity contribution is -0.0493. The van der Waals surface area contributed by atoms with E-state index in [9.17, 15) is 9.59 Å². The number of carbonyl (C=O) groups excluding carboxylic acids is 1. The molecule has 1 N–H and O–H groups in total. The van der Waals surface area contributed by atoms with Gasteiger partial charge in [0.15, 0.2) is 0 Å². The Morgan fingerprint density at radius 2 is 2.04 bits per heavy atom. The van der Waals surface area contributed by atoms with Gasteiger partial charge < -0.3 is 19.1 Å². The van der Waals surface area contributed by atoms with E-state index in [0.717, 1.165) is 38.5 Å². The van der Waals surface area contributed by atoms with Gasteiger partial charge in [0.2, 0.25) is 5.76 Å². The van der Waals surface area contributed by atoms with Crippen LogP contribution in [0.1, 0.15) is 36.2 Å². The van der Waals surface area contributed by atoms with Crippen LogP contribution < -0.4 is 5.56 Å². The maximum Gasteiger partial charge on any atom is 0.292 e. The number of hydrogen-bond acceptors (Lipinski definition) is 5. The highest BCUT2D eigenvalue weighted by atomic mass is 16.5. The van der Waals surface area contributed by atoms with Crippen LogP contribution in [0.4, 0.5) is 0 Å². The van der Waals surface area contributed by atoms with Gasteiger partial charge in [-0.3, -0.25) is 9.59 Å². The Balaban J connectivity index is 1.42. The van der Waals surface area contributed by atoms with Gasteiger partial charge in [0.1, 0.15) is 0 Å². The van der Waals surface area contributed by atoms with Crippen LogP contribution in [0.25, 0.3) is 0 Å². The summed E-state index contributed by atoms with van der Waals surface area (Å²) in [6, 6.07) is 1.63. The molecule has 1 amide bonds. The van der Waals surface area contributed by atoms with E-state index in [1.165, 1.54) is 18.9 Å². The molecule has 0 aromatic carbocycles. The molecule has 138 valence electrons. The molecule has 1 aromatic heterocycles. The average molecular weight is 349 g/mol. The van der Waals surface area contributed by atoms with Gasteiger partial charge in [-0.2, -0.15) is 5.16 Å². The molecular weight excluding hydrogens is 322 g/mol. The third kappa shape index (κ3) is 3.53. The van der Waals surface area contributed by atoms with E-state index in [4.69, 9.17) is 9.26 Å². The first-order valence-corrected chi connectivity index (χ1v) is 9.27. The number of aromatic nitrogens is 1. The van der Waals surface area contributed by atoms with Crippen molar-refractivity contribution in [2.45, 2.75) is 37.8 Å². The standard InChI is InChI=1S/C18H27N3O4/c1-20(2)14-5-12-8-21(18(23)16-7-17(22)19-25-16)9-13(12)6-15(14)24-10-11-3-4-11/h7,11-15H,3-6,8-10H2,1-2H3,(H,19,22)/t12-,13+,14-,15-/m1/s1. The molecule has 4 atom stereocenters. The van der Waals surface area contributed by atoms with Crippen LogP contribution in [-0.2, 0) is 4.74 Å². The first-order chi connectivity index (χ1) is 12.0. The summed E-state index contributed by atoms with van der Waals surface area (Å²) in [6.45, 7) is 2.34. The molecule has 4 rings (SSSR count). The molecule has 7 nitrogen and oxygen atoms in total. The summed E-state index contributed by atoms with van der Waals surface area (Å²) >= 11 is 0. The van der Waals surface area contributed by atoms with Crippen molar-refractivity contribution in [3.63, 3.8) is 0 Å². The molecule has 1 saturated heterocycles. The highest BCUT2D eigenvalue weighted by Crippen LogP contribution is 2.40. The zero-order valence-corrected chi connectivity index (χ0v) is 14.9. The number of ether oxygens (including phenoxy) is 1. The average Bonchev–Trinajstić information content (AvgIpc) is 3.16. The fourth-order valence-electron chi connectivity index (χ4n) is 4.37. The van der Waals surface area contributed by atoms with Crippen LogP contribution in [0.5, 0.6) is 0 Å². The number of hydrogen-bond donors (Lipinski definition) is 1. The number of H-pyrrole nitrogens is 1. The predicted molar refractivity (Wildman–Crippen MR) is 91.4 cm³/mol. The van der Waals surface area contributed by atoms with Crippen LogP contribution in [0.3, 0.4) is 0 Å². The number of nitrogens with zero attached hydrogens (tertiary/aromatic N) is 2. The lowest BCUT2D eigenvalue weighted by Gasteiger charge is -2.41. The minimum Gasteiger partial charge on any atom is -0.376 e. The molecule has 1 aliphatic heterocycles. The van der Waals surface area contributed by atoms with E-state index in [1.54, 1.807) is 0 Å². The highest BCUT2D eigenvalue weighted by molar-refractivity contribution is 5.91. The van der Waals surface area contributed by atoms with Gasteiger partial charge in [0.25, 0.3) is 11.5 Å². The molecule has 0 spiro atoms. The van der Waals surface area contributed by atoms with Crippen molar-refractivity contribution in [3.05, 3.63) is 22.2 Å². The summed E-state index contributed by atoms with van der Waals surface area (Å²) in [6.07, 6.45) is 4.90. The highest BCUT2D eigenvalue weighted by Gasteiger charge is 2.45. The lowest BCUT2D eigenvalue weighted by Crippen LogP contribution is -2.48. The minimum atomic E-state index is -0.374. The molecule has 0 bridgehead atoms. The second-order valence-electron chi connectivity index (χ2n) is 8.12. The molecule has 2 aliphatic carbocycles. The summed E-state index contributed by atoms with van der Waals surface area (Å²) in [5, 5.41) is 2.19. The molecule has 3 fully saturated rings. The molecule has 7 heteroatoms. The van der Waals surface area contributed by atoms with Gasteiger partial charge in [-0.05, 0) is 57.5 Å². The minimum absolute atomic E-state index is 0.106. The van der Waals surface area contributed by atoms with Crippen molar-refractivity contribution in [1.29, 1.82) is 0 Å². The Labute approximate surface area is 147 Å². The third-order valence-corrected chi connectivity index (χ3v) is 6.01. The molecule has 2 saturated carbocycles. The predicted octanol–water partition coefficient (Wildman–Crippen LogP) is 1.18. The second kappa shape index (κ2) is 6.61. The number of likely N-dealkylation sites (tertiary alicyclic amines) is 1. The molecular formula is C18H27N3O4. The summed E-state index contributed by atoms with van der Waals surface area (Å²) in [7, 11) is 4.23.